The van der Waals surface area contributed by atoms with Crippen molar-refractivity contribution in [2.75, 3.05) is 31.7 Å². The van der Waals surface area contributed by atoms with E-state index in [4.69, 9.17) is 9.47 Å². The molecule has 2 bridgehead atoms. The maximum atomic E-state index is 12.8. The molecule has 1 saturated carbocycles. The maximum absolute atomic E-state index is 12.8. The van der Waals surface area contributed by atoms with Gasteiger partial charge in [0, 0.05) is 26.4 Å². The first kappa shape index (κ1) is 16.4. The van der Waals surface area contributed by atoms with Gasteiger partial charge in [0.1, 0.15) is 12.4 Å². The first-order valence-electron chi connectivity index (χ1n) is 9.64. The van der Waals surface area contributed by atoms with Gasteiger partial charge < -0.3 is 19.3 Å². The zero-order chi connectivity index (χ0) is 17.7. The van der Waals surface area contributed by atoms with Crippen LogP contribution in [0.3, 0.4) is 0 Å². The fraction of sp³-hybridized carbons (Fsp3) is 0.737. The Bertz CT molecular complexity index is 708. The van der Waals surface area contributed by atoms with E-state index < -0.39 is 0 Å². The minimum atomic E-state index is 0.138. The van der Waals surface area contributed by atoms with Crippen LogP contribution in [0.1, 0.15) is 37.9 Å². The number of hydrogen-bond donors (Lipinski definition) is 0. The van der Waals surface area contributed by atoms with Gasteiger partial charge in [0.05, 0.1) is 31.2 Å². The summed E-state index contributed by atoms with van der Waals surface area (Å²) in [7, 11) is 1.65. The van der Waals surface area contributed by atoms with Gasteiger partial charge in [-0.15, -0.1) is 0 Å². The van der Waals surface area contributed by atoms with Crippen molar-refractivity contribution in [1.82, 2.24) is 14.9 Å². The Kier molecular flexibility index (Phi) is 3.90. The van der Waals surface area contributed by atoms with Crippen LogP contribution in [0.5, 0.6) is 0 Å². The first-order chi connectivity index (χ1) is 12.7. The number of aromatic nitrogens is 2. The van der Waals surface area contributed by atoms with Crippen LogP contribution in [0.25, 0.3) is 0 Å². The molecule has 1 aromatic heterocycles. The molecular weight excluding hydrogens is 332 g/mol. The number of carbonyl (C=O) groups is 1. The molecule has 1 aliphatic carbocycles. The SMILES string of the molecule is COCc1nccc(N2C[C@@H]3C[C@H]2CN3C(=O)CC2CC3(CC3)CO2)n1. The highest BCUT2D eigenvalue weighted by atomic mass is 16.5. The molecule has 7 heteroatoms. The normalized spacial score (nSPS) is 31.2. The summed E-state index contributed by atoms with van der Waals surface area (Å²) in [5.41, 5.74) is 0.443. The molecule has 3 saturated heterocycles. The van der Waals surface area contributed by atoms with Crippen LogP contribution >= 0.6 is 0 Å². The van der Waals surface area contributed by atoms with Crippen molar-refractivity contribution in [3.05, 3.63) is 18.1 Å². The third-order valence-electron chi connectivity index (χ3n) is 6.46. The average Bonchev–Trinajstić information content (AvgIpc) is 2.99. The summed E-state index contributed by atoms with van der Waals surface area (Å²) in [6, 6.07) is 2.60. The Morgan fingerprint density at radius 2 is 2.27 bits per heavy atom. The average molecular weight is 358 g/mol. The second kappa shape index (κ2) is 6.16. The molecule has 3 atom stereocenters. The minimum Gasteiger partial charge on any atom is -0.377 e. The van der Waals surface area contributed by atoms with Crippen LogP contribution in [-0.2, 0) is 20.9 Å². The van der Waals surface area contributed by atoms with E-state index in [1.54, 1.807) is 13.3 Å². The molecule has 3 aliphatic heterocycles. The number of hydrogen-bond acceptors (Lipinski definition) is 6. The summed E-state index contributed by atoms with van der Waals surface area (Å²) in [5.74, 6) is 1.91. The van der Waals surface area contributed by atoms with E-state index in [1.807, 2.05) is 6.07 Å². The molecule has 0 radical (unpaired) electrons. The monoisotopic (exact) mass is 358 g/mol. The van der Waals surface area contributed by atoms with Crippen molar-refractivity contribution < 1.29 is 14.3 Å². The van der Waals surface area contributed by atoms with Crippen molar-refractivity contribution in [3.63, 3.8) is 0 Å². The number of methoxy groups -OCH3 is 1. The van der Waals surface area contributed by atoms with E-state index in [-0.39, 0.29) is 12.0 Å². The number of likely N-dealkylation sites (tertiary alicyclic amines) is 1. The Hall–Kier alpha value is -1.73. The number of amides is 1. The lowest BCUT2D eigenvalue weighted by Gasteiger charge is -2.35. The molecule has 1 unspecified atom stereocenters. The highest BCUT2D eigenvalue weighted by Crippen LogP contribution is 2.54. The summed E-state index contributed by atoms with van der Waals surface area (Å²) >= 11 is 0. The largest absolute Gasteiger partial charge is 0.377 e. The lowest BCUT2D eigenvalue weighted by molar-refractivity contribution is -0.134. The van der Waals surface area contributed by atoms with Gasteiger partial charge in [-0.3, -0.25) is 4.79 Å². The Labute approximate surface area is 153 Å². The van der Waals surface area contributed by atoms with E-state index in [2.05, 4.69) is 19.8 Å². The van der Waals surface area contributed by atoms with Crippen LogP contribution in [0.15, 0.2) is 12.3 Å². The smallest absolute Gasteiger partial charge is 0.225 e. The lowest BCUT2D eigenvalue weighted by Crippen LogP contribution is -2.49. The van der Waals surface area contributed by atoms with Crippen LogP contribution in [0.2, 0.25) is 0 Å². The molecule has 26 heavy (non-hydrogen) atoms. The van der Waals surface area contributed by atoms with Gasteiger partial charge in [0.2, 0.25) is 5.91 Å². The van der Waals surface area contributed by atoms with Gasteiger partial charge in [-0.2, -0.15) is 0 Å². The van der Waals surface area contributed by atoms with Crippen molar-refractivity contribution in [1.29, 1.82) is 0 Å². The van der Waals surface area contributed by atoms with Crippen LogP contribution in [-0.4, -0.2) is 65.8 Å². The zero-order valence-electron chi connectivity index (χ0n) is 15.3. The summed E-state index contributed by atoms with van der Waals surface area (Å²) in [6.07, 6.45) is 7.16. The molecule has 5 rings (SSSR count). The predicted octanol–water partition coefficient (Wildman–Crippen LogP) is 1.37. The fourth-order valence-corrected chi connectivity index (χ4v) is 4.86. The third kappa shape index (κ3) is 2.87. The fourth-order valence-electron chi connectivity index (χ4n) is 4.86. The topological polar surface area (TPSA) is 67.8 Å². The highest BCUT2D eigenvalue weighted by molar-refractivity contribution is 5.78. The summed E-state index contributed by atoms with van der Waals surface area (Å²) < 4.78 is 11.0. The molecule has 0 aromatic carbocycles. The summed E-state index contributed by atoms with van der Waals surface area (Å²) in [6.45, 7) is 2.94. The van der Waals surface area contributed by atoms with Crippen molar-refractivity contribution in [2.24, 2.45) is 5.41 Å². The number of fused-ring (bicyclic) bond motifs is 2. The van der Waals surface area contributed by atoms with Crippen molar-refractivity contribution >= 4 is 11.7 Å². The molecule has 4 heterocycles. The quantitative estimate of drug-likeness (QED) is 0.792. The lowest BCUT2D eigenvalue weighted by atomic mass is 10.0. The van der Waals surface area contributed by atoms with E-state index in [0.29, 0.717) is 36.4 Å². The minimum absolute atomic E-state index is 0.138. The second-order valence-corrected chi connectivity index (χ2v) is 8.35. The second-order valence-electron chi connectivity index (χ2n) is 8.35. The van der Waals surface area contributed by atoms with Crippen molar-refractivity contribution in [3.8, 4) is 0 Å². The zero-order valence-corrected chi connectivity index (χ0v) is 15.3. The molecule has 140 valence electrons. The summed E-state index contributed by atoms with van der Waals surface area (Å²) in [5, 5.41) is 0. The van der Waals surface area contributed by atoms with Gasteiger partial charge in [0.25, 0.3) is 0 Å². The molecule has 7 nitrogen and oxygen atoms in total. The van der Waals surface area contributed by atoms with E-state index in [9.17, 15) is 4.79 Å². The third-order valence-corrected chi connectivity index (χ3v) is 6.46. The Balaban J connectivity index is 1.20. The molecule has 1 aromatic rings. The number of anilines is 1. The molecule has 4 aliphatic rings. The number of nitrogens with zero attached hydrogens (tertiary/aromatic N) is 4. The van der Waals surface area contributed by atoms with Gasteiger partial charge >= 0.3 is 0 Å². The maximum Gasteiger partial charge on any atom is 0.225 e. The number of carbonyl (C=O) groups excluding carboxylic acids is 1. The highest BCUT2D eigenvalue weighted by Gasteiger charge is 2.51. The van der Waals surface area contributed by atoms with Gasteiger partial charge in [-0.25, -0.2) is 9.97 Å². The van der Waals surface area contributed by atoms with E-state index in [1.165, 1.54) is 12.8 Å². The predicted molar refractivity (Wildman–Crippen MR) is 94.6 cm³/mol. The molecule has 4 fully saturated rings. The summed E-state index contributed by atoms with van der Waals surface area (Å²) in [4.78, 5) is 26.0. The van der Waals surface area contributed by atoms with Crippen LogP contribution < -0.4 is 4.90 Å². The van der Waals surface area contributed by atoms with Gasteiger partial charge in [0.15, 0.2) is 5.82 Å². The molecular formula is C19H26N4O3. The molecule has 1 spiro atoms. The molecule has 1 amide bonds. The number of piperazine rings is 1. The Morgan fingerprint density at radius 1 is 1.38 bits per heavy atom. The van der Waals surface area contributed by atoms with Crippen molar-refractivity contribution in [2.45, 2.75) is 56.9 Å². The van der Waals surface area contributed by atoms with Gasteiger partial charge in [-0.1, -0.05) is 0 Å². The van der Waals surface area contributed by atoms with Crippen LogP contribution in [0.4, 0.5) is 5.82 Å². The van der Waals surface area contributed by atoms with Gasteiger partial charge in [-0.05, 0) is 37.2 Å². The van der Waals surface area contributed by atoms with Crippen LogP contribution in [0, 0.1) is 5.41 Å². The Morgan fingerprint density at radius 3 is 2.96 bits per heavy atom. The standard InChI is InChI=1S/C19H26N4O3/c1-25-11-16-20-5-2-17(21-16)22-9-14-6-13(22)10-23(14)18(24)7-15-8-19(3-4-19)12-26-15/h2,5,13-15H,3-4,6-12H2,1H3/t13-,14-,15?/m0/s1. The van der Waals surface area contributed by atoms with E-state index in [0.717, 1.165) is 38.4 Å². The number of ether oxygens (including phenoxy) is 2. The van der Waals surface area contributed by atoms with E-state index >= 15 is 0 Å². The first-order valence-corrected chi connectivity index (χ1v) is 9.64. The number of rotatable bonds is 5. The molecule has 0 N–H and O–H groups in total.